The van der Waals surface area contributed by atoms with E-state index in [0.29, 0.717) is 23.4 Å². The third-order valence-corrected chi connectivity index (χ3v) is 5.73. The van der Waals surface area contributed by atoms with E-state index in [4.69, 9.17) is 4.74 Å². The first kappa shape index (κ1) is 22.2. The summed E-state index contributed by atoms with van der Waals surface area (Å²) < 4.78 is 6.03. The molecule has 1 N–H and O–H groups in total. The Hall–Kier alpha value is -2.11. The highest BCUT2D eigenvalue weighted by molar-refractivity contribution is 5.81. The minimum atomic E-state index is -0.682. The molecule has 0 aromatic heterocycles. The first-order chi connectivity index (χ1) is 13.0. The number of hydrogen-bond donors (Lipinski definition) is 1. The number of carbonyl (C=O) groups is 1. The van der Waals surface area contributed by atoms with Gasteiger partial charge in [0.05, 0.1) is 4.92 Å². The largest absolute Gasteiger partial charge is 0.461 e. The monoisotopic (exact) mass is 390 g/mol. The number of anilines is 1. The molecule has 1 aromatic carbocycles. The minimum absolute atomic E-state index is 0.0455. The second-order valence-corrected chi connectivity index (χ2v) is 9.52. The van der Waals surface area contributed by atoms with Gasteiger partial charge < -0.3 is 10.1 Å². The van der Waals surface area contributed by atoms with E-state index < -0.39 is 16.4 Å². The Morgan fingerprint density at radius 2 is 1.89 bits per heavy atom. The Labute approximate surface area is 168 Å². The summed E-state index contributed by atoms with van der Waals surface area (Å²) in [5, 5.41) is 14.4. The van der Waals surface area contributed by atoms with Crippen LogP contribution in [0.5, 0.6) is 0 Å². The zero-order chi connectivity index (χ0) is 21.1. The van der Waals surface area contributed by atoms with Crippen LogP contribution >= 0.6 is 0 Å². The molecule has 0 bridgehead atoms. The summed E-state index contributed by atoms with van der Waals surface area (Å²) in [5.41, 5.74) is -0.174. The van der Waals surface area contributed by atoms with E-state index in [1.807, 2.05) is 20.8 Å². The van der Waals surface area contributed by atoms with Gasteiger partial charge in [0, 0.05) is 6.07 Å². The summed E-state index contributed by atoms with van der Waals surface area (Å²) in [5.74, 6) is 0.993. The molecule has 0 radical (unpaired) electrons. The van der Waals surface area contributed by atoms with Crippen LogP contribution in [-0.4, -0.2) is 23.0 Å². The van der Waals surface area contributed by atoms with Gasteiger partial charge in [0.15, 0.2) is 0 Å². The number of nitrogens with zero attached hydrogens (tertiary/aromatic N) is 1. The van der Waals surface area contributed by atoms with E-state index in [2.05, 4.69) is 26.1 Å². The van der Waals surface area contributed by atoms with Crippen molar-refractivity contribution in [2.45, 2.75) is 73.0 Å². The van der Waals surface area contributed by atoms with E-state index >= 15 is 0 Å². The van der Waals surface area contributed by atoms with Crippen molar-refractivity contribution in [2.24, 2.45) is 23.2 Å². The molecule has 0 amide bonds. The average molecular weight is 391 g/mol. The number of hydrogen-bond acceptors (Lipinski definition) is 5. The van der Waals surface area contributed by atoms with Gasteiger partial charge in [-0.25, -0.2) is 4.79 Å². The van der Waals surface area contributed by atoms with Gasteiger partial charge in [-0.3, -0.25) is 10.1 Å². The molecule has 1 fully saturated rings. The van der Waals surface area contributed by atoms with Crippen LogP contribution in [0.4, 0.5) is 11.4 Å². The molecule has 1 aliphatic carbocycles. The zero-order valence-electron chi connectivity index (χ0n) is 17.9. The molecule has 4 atom stereocenters. The Bertz CT molecular complexity index is 696. The molecular weight excluding hydrogens is 356 g/mol. The number of nitro groups is 1. The quantitative estimate of drug-likeness (QED) is 0.398. The van der Waals surface area contributed by atoms with Crippen molar-refractivity contribution in [2.75, 3.05) is 5.32 Å². The van der Waals surface area contributed by atoms with Gasteiger partial charge in [-0.1, -0.05) is 60.1 Å². The molecule has 1 saturated carbocycles. The van der Waals surface area contributed by atoms with Crippen molar-refractivity contribution in [1.29, 1.82) is 0 Å². The third-order valence-electron chi connectivity index (χ3n) is 5.73. The lowest BCUT2D eigenvalue weighted by atomic mass is 9.75. The maximum atomic E-state index is 13.2. The van der Waals surface area contributed by atoms with Crippen LogP contribution in [0, 0.1) is 33.3 Å². The Kier molecular flexibility index (Phi) is 7.07. The number of carbonyl (C=O) groups excluding carboxylic acids is 1. The molecule has 0 heterocycles. The first-order valence-corrected chi connectivity index (χ1v) is 10.2. The number of ether oxygens (including phenoxy) is 1. The Balaban J connectivity index is 2.23. The van der Waals surface area contributed by atoms with Gasteiger partial charge in [0.1, 0.15) is 17.8 Å². The molecule has 28 heavy (non-hydrogen) atoms. The van der Waals surface area contributed by atoms with Gasteiger partial charge in [-0.2, -0.15) is 0 Å². The fourth-order valence-electron chi connectivity index (χ4n) is 4.01. The van der Waals surface area contributed by atoms with Crippen LogP contribution in [0.25, 0.3) is 0 Å². The van der Waals surface area contributed by atoms with Crippen molar-refractivity contribution in [1.82, 2.24) is 0 Å². The lowest BCUT2D eigenvalue weighted by molar-refractivity contribution is -0.384. The topological polar surface area (TPSA) is 81.5 Å². The van der Waals surface area contributed by atoms with Crippen molar-refractivity contribution in [3.05, 3.63) is 34.4 Å². The van der Waals surface area contributed by atoms with Crippen molar-refractivity contribution >= 4 is 17.3 Å². The predicted octanol–water partition coefficient (Wildman–Crippen LogP) is 5.43. The summed E-state index contributed by atoms with van der Waals surface area (Å²) in [6.45, 7) is 12.4. The average Bonchev–Trinajstić information content (AvgIpc) is 2.58. The molecule has 1 aliphatic rings. The van der Waals surface area contributed by atoms with E-state index in [0.717, 1.165) is 19.3 Å². The highest BCUT2D eigenvalue weighted by Gasteiger charge is 2.39. The summed E-state index contributed by atoms with van der Waals surface area (Å²) in [6, 6.07) is 5.72. The van der Waals surface area contributed by atoms with Crippen LogP contribution in [0.2, 0.25) is 0 Å². The van der Waals surface area contributed by atoms with Gasteiger partial charge in [-0.15, -0.1) is 0 Å². The maximum absolute atomic E-state index is 13.2. The fourth-order valence-corrected chi connectivity index (χ4v) is 4.01. The van der Waals surface area contributed by atoms with Crippen molar-refractivity contribution in [3.8, 4) is 0 Å². The number of esters is 1. The molecule has 0 saturated heterocycles. The van der Waals surface area contributed by atoms with Crippen LogP contribution < -0.4 is 5.32 Å². The summed E-state index contributed by atoms with van der Waals surface area (Å²) >= 11 is 0. The van der Waals surface area contributed by atoms with E-state index in [-0.39, 0.29) is 17.8 Å². The second-order valence-electron chi connectivity index (χ2n) is 9.52. The van der Waals surface area contributed by atoms with E-state index in [9.17, 15) is 14.9 Å². The molecule has 0 spiro atoms. The van der Waals surface area contributed by atoms with E-state index in [1.165, 1.54) is 6.07 Å². The summed E-state index contributed by atoms with van der Waals surface area (Å²) in [7, 11) is 0. The minimum Gasteiger partial charge on any atom is -0.461 e. The predicted molar refractivity (Wildman–Crippen MR) is 111 cm³/mol. The molecule has 3 unspecified atom stereocenters. The SMILES string of the molecule is CC1CCC(C(C)C)C(OC(=O)[C@H](Nc2ccccc2[N+](=O)[O-])C(C)(C)C)C1. The number of benzene rings is 1. The number of nitrogens with one attached hydrogen (secondary N) is 1. The van der Waals surface area contributed by atoms with Crippen molar-refractivity contribution in [3.63, 3.8) is 0 Å². The van der Waals surface area contributed by atoms with Gasteiger partial charge in [0.2, 0.25) is 0 Å². The third kappa shape index (κ3) is 5.46. The molecule has 2 rings (SSSR count). The second kappa shape index (κ2) is 8.93. The molecule has 0 aliphatic heterocycles. The van der Waals surface area contributed by atoms with Crippen LogP contribution in [0.3, 0.4) is 0 Å². The molecule has 6 heteroatoms. The van der Waals surface area contributed by atoms with Gasteiger partial charge in [0.25, 0.3) is 5.69 Å². The van der Waals surface area contributed by atoms with Gasteiger partial charge >= 0.3 is 5.97 Å². The van der Waals surface area contributed by atoms with E-state index in [1.54, 1.807) is 18.2 Å². The summed E-state index contributed by atoms with van der Waals surface area (Å²) in [4.78, 5) is 24.1. The Morgan fingerprint density at radius 1 is 1.25 bits per heavy atom. The van der Waals surface area contributed by atoms with Crippen LogP contribution in [0.1, 0.15) is 60.8 Å². The van der Waals surface area contributed by atoms with Crippen LogP contribution in [-0.2, 0) is 9.53 Å². The summed E-state index contributed by atoms with van der Waals surface area (Å²) in [6.07, 6.45) is 2.99. The highest BCUT2D eigenvalue weighted by atomic mass is 16.6. The van der Waals surface area contributed by atoms with Crippen LogP contribution in [0.15, 0.2) is 24.3 Å². The highest BCUT2D eigenvalue weighted by Crippen LogP contribution is 2.37. The first-order valence-electron chi connectivity index (χ1n) is 10.2. The fraction of sp³-hybridized carbons (Fsp3) is 0.682. The standard InChI is InChI=1S/C22H34N2O4/c1-14(2)16-12-11-15(3)13-19(16)28-21(25)20(22(4,5)6)23-17-9-7-8-10-18(17)24(26)27/h7-10,14-16,19-20,23H,11-13H2,1-6H3/t15?,16?,19?,20-/m0/s1. The lowest BCUT2D eigenvalue weighted by Gasteiger charge is -2.39. The number of para-hydroxylation sites is 2. The number of nitro benzene ring substituents is 1. The van der Waals surface area contributed by atoms with Crippen molar-refractivity contribution < 1.29 is 14.5 Å². The molecule has 6 nitrogen and oxygen atoms in total. The molecule has 156 valence electrons. The normalized spacial score (nSPS) is 23.9. The molecule has 1 aromatic rings. The maximum Gasteiger partial charge on any atom is 0.329 e. The zero-order valence-corrected chi connectivity index (χ0v) is 17.9. The molecular formula is C22H34N2O4. The number of rotatable bonds is 6. The lowest BCUT2D eigenvalue weighted by Crippen LogP contribution is -2.46. The van der Waals surface area contributed by atoms with Gasteiger partial charge in [-0.05, 0) is 42.1 Å². The smallest absolute Gasteiger partial charge is 0.329 e. The Morgan fingerprint density at radius 3 is 2.46 bits per heavy atom.